The molecule has 0 saturated heterocycles. The van der Waals surface area contributed by atoms with Gasteiger partial charge in [-0.1, -0.05) is 24.3 Å². The second-order valence-electron chi connectivity index (χ2n) is 5.47. The molecule has 2 aromatic carbocycles. The molecule has 1 heterocycles. The zero-order valence-corrected chi connectivity index (χ0v) is 13.0. The SMILES string of the molecule is COc1cccc(/C=C2\COc3c(C)ccc(C)c3C2=O)c1. The lowest BCUT2D eigenvalue weighted by Crippen LogP contribution is -2.21. The van der Waals surface area contributed by atoms with Crippen LogP contribution in [0.4, 0.5) is 0 Å². The van der Waals surface area contributed by atoms with Gasteiger partial charge in [-0.25, -0.2) is 0 Å². The quantitative estimate of drug-likeness (QED) is 0.786. The summed E-state index contributed by atoms with van der Waals surface area (Å²) in [6.45, 7) is 4.20. The number of rotatable bonds is 2. The molecule has 0 amide bonds. The van der Waals surface area contributed by atoms with Crippen LogP contribution < -0.4 is 9.47 Å². The van der Waals surface area contributed by atoms with Crippen molar-refractivity contribution < 1.29 is 14.3 Å². The molecule has 1 aliphatic rings. The van der Waals surface area contributed by atoms with E-state index < -0.39 is 0 Å². The topological polar surface area (TPSA) is 35.5 Å². The minimum absolute atomic E-state index is 0.0465. The van der Waals surface area contributed by atoms with Crippen LogP contribution in [0.3, 0.4) is 0 Å². The van der Waals surface area contributed by atoms with Crippen molar-refractivity contribution in [1.29, 1.82) is 0 Å². The van der Waals surface area contributed by atoms with E-state index in [1.807, 2.05) is 56.3 Å². The van der Waals surface area contributed by atoms with Crippen molar-refractivity contribution in [2.24, 2.45) is 0 Å². The van der Waals surface area contributed by atoms with Gasteiger partial charge in [-0.3, -0.25) is 4.79 Å². The standard InChI is InChI=1S/C19H18O3/c1-12-7-8-13(2)19-17(12)18(20)15(11-22-19)9-14-5-4-6-16(10-14)21-3/h4-10H,11H2,1-3H3/b15-9+. The summed E-state index contributed by atoms with van der Waals surface area (Å²) in [6, 6.07) is 11.6. The third kappa shape index (κ3) is 2.50. The van der Waals surface area contributed by atoms with Gasteiger partial charge in [0.1, 0.15) is 18.1 Å². The Morgan fingerprint density at radius 1 is 1.14 bits per heavy atom. The van der Waals surface area contributed by atoms with E-state index in [0.29, 0.717) is 23.5 Å². The largest absolute Gasteiger partial charge is 0.497 e. The monoisotopic (exact) mass is 294 g/mol. The number of hydrogen-bond acceptors (Lipinski definition) is 3. The van der Waals surface area contributed by atoms with E-state index in [9.17, 15) is 4.79 Å². The summed E-state index contributed by atoms with van der Waals surface area (Å²) in [5, 5.41) is 0. The van der Waals surface area contributed by atoms with Crippen molar-refractivity contribution in [2.45, 2.75) is 13.8 Å². The molecule has 0 radical (unpaired) electrons. The molecule has 112 valence electrons. The van der Waals surface area contributed by atoms with E-state index in [2.05, 4.69) is 0 Å². The minimum atomic E-state index is 0.0465. The third-order valence-electron chi connectivity index (χ3n) is 3.89. The summed E-state index contributed by atoms with van der Waals surface area (Å²) >= 11 is 0. The molecular weight excluding hydrogens is 276 g/mol. The molecule has 1 aliphatic heterocycles. The fraction of sp³-hybridized carbons (Fsp3) is 0.211. The second-order valence-corrected chi connectivity index (χ2v) is 5.47. The molecule has 0 N–H and O–H groups in total. The second kappa shape index (κ2) is 5.68. The molecule has 0 unspecified atom stereocenters. The summed E-state index contributed by atoms with van der Waals surface area (Å²) in [7, 11) is 1.63. The zero-order chi connectivity index (χ0) is 15.7. The molecule has 0 spiro atoms. The molecule has 0 aromatic heterocycles. The summed E-state index contributed by atoms with van der Waals surface area (Å²) in [4.78, 5) is 12.8. The lowest BCUT2D eigenvalue weighted by Gasteiger charge is -2.22. The van der Waals surface area contributed by atoms with Crippen molar-refractivity contribution >= 4 is 11.9 Å². The van der Waals surface area contributed by atoms with E-state index in [-0.39, 0.29) is 5.78 Å². The van der Waals surface area contributed by atoms with Crippen LogP contribution >= 0.6 is 0 Å². The fourth-order valence-corrected chi connectivity index (χ4v) is 2.67. The number of fused-ring (bicyclic) bond motifs is 1. The number of Topliss-reactive ketones (excluding diaryl/α,β-unsaturated/α-hetero) is 1. The van der Waals surface area contributed by atoms with E-state index >= 15 is 0 Å². The molecule has 0 saturated carbocycles. The molecule has 0 bridgehead atoms. The Morgan fingerprint density at radius 3 is 2.68 bits per heavy atom. The highest BCUT2D eigenvalue weighted by Gasteiger charge is 2.26. The summed E-state index contributed by atoms with van der Waals surface area (Å²) < 4.78 is 11.0. The number of carbonyl (C=O) groups is 1. The van der Waals surface area contributed by atoms with Crippen molar-refractivity contribution in [3.05, 3.63) is 64.2 Å². The minimum Gasteiger partial charge on any atom is -0.497 e. The van der Waals surface area contributed by atoms with E-state index in [1.54, 1.807) is 7.11 Å². The van der Waals surface area contributed by atoms with Gasteiger partial charge in [0.05, 0.1) is 12.7 Å². The van der Waals surface area contributed by atoms with Crippen molar-refractivity contribution in [1.82, 2.24) is 0 Å². The number of hydrogen-bond donors (Lipinski definition) is 0. The Labute approximate surface area is 130 Å². The van der Waals surface area contributed by atoms with Gasteiger partial charge in [-0.05, 0) is 48.7 Å². The first-order chi connectivity index (χ1) is 10.6. The van der Waals surface area contributed by atoms with Crippen molar-refractivity contribution in [3.8, 4) is 11.5 Å². The molecule has 2 aromatic rings. The maximum atomic E-state index is 12.8. The van der Waals surface area contributed by atoms with Crippen molar-refractivity contribution in [2.75, 3.05) is 13.7 Å². The van der Waals surface area contributed by atoms with E-state index in [4.69, 9.17) is 9.47 Å². The molecule has 3 rings (SSSR count). The van der Waals surface area contributed by atoms with Crippen LogP contribution in [0, 0.1) is 13.8 Å². The van der Waals surface area contributed by atoms with Gasteiger partial charge in [-0.15, -0.1) is 0 Å². The van der Waals surface area contributed by atoms with Crippen molar-refractivity contribution in [3.63, 3.8) is 0 Å². The predicted octanol–water partition coefficient (Wildman–Crippen LogP) is 3.97. The average molecular weight is 294 g/mol. The highest BCUT2D eigenvalue weighted by Crippen LogP contribution is 2.33. The Hall–Kier alpha value is -2.55. The summed E-state index contributed by atoms with van der Waals surface area (Å²) in [6.07, 6.45) is 1.87. The maximum Gasteiger partial charge on any atom is 0.196 e. The van der Waals surface area contributed by atoms with E-state index in [0.717, 1.165) is 22.4 Å². The number of methoxy groups -OCH3 is 1. The van der Waals surface area contributed by atoms with Crippen LogP contribution in [0.5, 0.6) is 11.5 Å². The Balaban J connectivity index is 2.02. The molecule has 22 heavy (non-hydrogen) atoms. The molecule has 0 fully saturated rings. The fourth-order valence-electron chi connectivity index (χ4n) is 2.67. The number of carbonyl (C=O) groups excluding carboxylic acids is 1. The molecule has 0 aliphatic carbocycles. The van der Waals surface area contributed by atoms with Gasteiger partial charge >= 0.3 is 0 Å². The Kier molecular flexibility index (Phi) is 3.72. The maximum absolute atomic E-state index is 12.8. The van der Waals surface area contributed by atoms with Crippen LogP contribution in [-0.4, -0.2) is 19.5 Å². The van der Waals surface area contributed by atoms with Crippen LogP contribution in [-0.2, 0) is 0 Å². The summed E-state index contributed by atoms with van der Waals surface area (Å²) in [5.41, 5.74) is 4.21. The highest BCUT2D eigenvalue weighted by molar-refractivity contribution is 6.15. The zero-order valence-electron chi connectivity index (χ0n) is 13.0. The van der Waals surface area contributed by atoms with Gasteiger partial charge in [0.2, 0.25) is 0 Å². The first-order valence-corrected chi connectivity index (χ1v) is 7.22. The van der Waals surface area contributed by atoms with Crippen LogP contribution in [0.15, 0.2) is 42.0 Å². The first-order valence-electron chi connectivity index (χ1n) is 7.22. The average Bonchev–Trinajstić information content (AvgIpc) is 2.53. The lowest BCUT2D eigenvalue weighted by atomic mass is 9.93. The smallest absolute Gasteiger partial charge is 0.196 e. The van der Waals surface area contributed by atoms with Gasteiger partial charge in [-0.2, -0.15) is 0 Å². The number of ketones is 1. The van der Waals surface area contributed by atoms with Crippen LogP contribution in [0.1, 0.15) is 27.0 Å². The molecule has 0 atom stereocenters. The van der Waals surface area contributed by atoms with Gasteiger partial charge in [0, 0.05) is 5.57 Å². The number of aryl methyl sites for hydroxylation is 2. The van der Waals surface area contributed by atoms with Gasteiger partial charge in [0.15, 0.2) is 5.78 Å². The van der Waals surface area contributed by atoms with Gasteiger partial charge < -0.3 is 9.47 Å². The van der Waals surface area contributed by atoms with E-state index in [1.165, 1.54) is 0 Å². The van der Waals surface area contributed by atoms with Crippen LogP contribution in [0.2, 0.25) is 0 Å². The predicted molar refractivity (Wildman–Crippen MR) is 86.7 cm³/mol. The van der Waals surface area contributed by atoms with Crippen LogP contribution in [0.25, 0.3) is 6.08 Å². The Bertz CT molecular complexity index is 772. The number of benzene rings is 2. The molecule has 3 nitrogen and oxygen atoms in total. The third-order valence-corrected chi connectivity index (χ3v) is 3.89. The lowest BCUT2D eigenvalue weighted by molar-refractivity contribution is 0.0999. The van der Waals surface area contributed by atoms with Gasteiger partial charge in [0.25, 0.3) is 0 Å². The molecular formula is C19H18O3. The normalized spacial score (nSPS) is 15.4. The first kappa shape index (κ1) is 14.4. The Morgan fingerprint density at radius 2 is 1.91 bits per heavy atom. The molecule has 3 heteroatoms. The summed E-state index contributed by atoms with van der Waals surface area (Å²) in [5.74, 6) is 1.53. The number of ether oxygens (including phenoxy) is 2. The highest BCUT2D eigenvalue weighted by atomic mass is 16.5.